The summed E-state index contributed by atoms with van der Waals surface area (Å²) in [7, 11) is 0. The second-order valence-corrected chi connectivity index (χ2v) is 11.6. The Bertz CT molecular complexity index is 1450. The first-order valence-corrected chi connectivity index (χ1v) is 13.0. The van der Waals surface area contributed by atoms with Crippen molar-refractivity contribution >= 4 is 0 Å². The van der Waals surface area contributed by atoms with Gasteiger partial charge in [-0.15, -0.1) is 0 Å². The summed E-state index contributed by atoms with van der Waals surface area (Å²) in [6.45, 7) is 2.41. The van der Waals surface area contributed by atoms with E-state index in [9.17, 15) is 0 Å². The molecule has 3 saturated carbocycles. The van der Waals surface area contributed by atoms with Crippen molar-refractivity contribution in [1.82, 2.24) is 30.6 Å². The minimum atomic E-state index is 0.390. The Balaban J connectivity index is 0.912. The number of hydrogen-bond acceptors (Lipinski definition) is 4. The van der Waals surface area contributed by atoms with Gasteiger partial charge in [-0.1, -0.05) is 55.5 Å². The highest BCUT2D eigenvalue weighted by molar-refractivity contribution is 5.71. The first kappa shape index (κ1) is 19.0. The lowest BCUT2D eigenvalue weighted by atomic mass is 10.0. The van der Waals surface area contributed by atoms with E-state index in [1.807, 2.05) is 12.4 Å². The van der Waals surface area contributed by atoms with Gasteiger partial charge in [0.25, 0.3) is 0 Å². The molecule has 174 valence electrons. The lowest BCUT2D eigenvalue weighted by Crippen LogP contribution is -2.18. The summed E-state index contributed by atoms with van der Waals surface area (Å²) in [6, 6.07) is 19.8. The molecule has 35 heavy (non-hydrogen) atoms. The average Bonchev–Trinajstić information content (AvgIpc) is 3.54. The van der Waals surface area contributed by atoms with Crippen LogP contribution in [0.5, 0.6) is 0 Å². The van der Waals surface area contributed by atoms with Gasteiger partial charge in [0.1, 0.15) is 11.6 Å². The largest absolute Gasteiger partial charge is 0.341 e. The van der Waals surface area contributed by atoms with Gasteiger partial charge in [0.15, 0.2) is 0 Å². The molecule has 4 aromatic rings. The first-order valence-electron chi connectivity index (χ1n) is 13.0. The van der Waals surface area contributed by atoms with Crippen LogP contribution in [0.15, 0.2) is 60.9 Å². The van der Waals surface area contributed by atoms with Gasteiger partial charge in [0.05, 0.1) is 35.9 Å². The second kappa shape index (κ2) is 6.31. The van der Waals surface area contributed by atoms with Crippen LogP contribution in [-0.4, -0.2) is 32.0 Å². The second-order valence-electron chi connectivity index (χ2n) is 11.6. The molecule has 10 rings (SSSR count). The maximum Gasteiger partial charge on any atom is 0.124 e. The maximum atomic E-state index is 4.72. The zero-order valence-electron chi connectivity index (χ0n) is 19.6. The van der Waals surface area contributed by atoms with Gasteiger partial charge in [0.2, 0.25) is 0 Å². The lowest BCUT2D eigenvalue weighted by molar-refractivity contribution is 0.540. The molecule has 2 aromatic heterocycles. The van der Waals surface area contributed by atoms with Crippen molar-refractivity contribution in [2.45, 2.75) is 43.9 Å². The van der Waals surface area contributed by atoms with Gasteiger partial charge in [0, 0.05) is 12.1 Å². The molecular formula is C29H28N6. The zero-order valence-corrected chi connectivity index (χ0v) is 19.6. The van der Waals surface area contributed by atoms with E-state index in [0.29, 0.717) is 17.5 Å². The minimum Gasteiger partial charge on any atom is -0.341 e. The highest BCUT2D eigenvalue weighted by Gasteiger charge is 2.90. The molecule has 3 aliphatic heterocycles. The smallest absolute Gasteiger partial charge is 0.124 e. The van der Waals surface area contributed by atoms with Crippen molar-refractivity contribution in [2.75, 3.05) is 0 Å². The number of nitrogens with zero attached hydrogens (tertiary/aromatic N) is 2. The monoisotopic (exact) mass is 460 g/mol. The number of aromatic nitrogens is 4. The Morgan fingerprint density at radius 1 is 0.714 bits per heavy atom. The van der Waals surface area contributed by atoms with E-state index < -0.39 is 0 Å². The molecule has 2 aromatic carbocycles. The van der Waals surface area contributed by atoms with Crippen LogP contribution in [0.4, 0.5) is 0 Å². The van der Waals surface area contributed by atoms with E-state index in [0.717, 1.165) is 52.9 Å². The van der Waals surface area contributed by atoms with Crippen LogP contribution in [0.3, 0.4) is 0 Å². The molecule has 1 unspecified atom stereocenters. The number of fused-ring (bicyclic) bond motifs is 2. The molecule has 6 nitrogen and oxygen atoms in total. The van der Waals surface area contributed by atoms with E-state index in [-0.39, 0.29) is 0 Å². The Kier molecular flexibility index (Phi) is 3.43. The van der Waals surface area contributed by atoms with Crippen molar-refractivity contribution in [3.05, 3.63) is 72.6 Å². The van der Waals surface area contributed by atoms with E-state index in [4.69, 9.17) is 4.98 Å². The molecule has 6 aliphatic rings. The number of rotatable bonds is 5. The summed E-state index contributed by atoms with van der Waals surface area (Å²) in [5.41, 5.74) is 7.54. The number of H-pyrrole nitrogens is 2. The quantitative estimate of drug-likeness (QED) is 0.344. The third-order valence-electron chi connectivity index (χ3n) is 9.77. The molecule has 5 heterocycles. The average molecular weight is 461 g/mol. The van der Waals surface area contributed by atoms with Crippen LogP contribution in [0.1, 0.15) is 43.5 Å². The summed E-state index contributed by atoms with van der Waals surface area (Å²) >= 11 is 0. The van der Waals surface area contributed by atoms with Gasteiger partial charge >= 0.3 is 0 Å². The van der Waals surface area contributed by atoms with Gasteiger partial charge < -0.3 is 20.6 Å². The molecule has 6 heteroatoms. The highest BCUT2D eigenvalue weighted by atomic mass is 15.3. The fraction of sp³-hybridized carbons (Fsp3) is 0.379. The first-order chi connectivity index (χ1) is 17.2. The minimum absolute atomic E-state index is 0.390. The summed E-state index contributed by atoms with van der Waals surface area (Å²) in [5.74, 6) is 4.73. The van der Waals surface area contributed by atoms with E-state index in [1.165, 1.54) is 35.1 Å². The molecule has 2 bridgehead atoms. The number of aromatic amines is 2. The van der Waals surface area contributed by atoms with E-state index in [1.54, 1.807) is 0 Å². The number of nitrogens with one attached hydrogen (secondary N) is 4. The highest BCUT2D eigenvalue weighted by Crippen LogP contribution is 2.86. The molecule has 6 fully saturated rings. The molecule has 3 aliphatic carbocycles. The van der Waals surface area contributed by atoms with E-state index in [2.05, 4.69) is 81.0 Å². The third-order valence-corrected chi connectivity index (χ3v) is 9.77. The molecule has 4 N–H and O–H groups in total. The predicted molar refractivity (Wildman–Crippen MR) is 134 cm³/mol. The lowest BCUT2D eigenvalue weighted by Gasteiger charge is -2.09. The van der Waals surface area contributed by atoms with Gasteiger partial charge in [-0.25, -0.2) is 9.97 Å². The summed E-state index contributed by atoms with van der Waals surface area (Å²) in [5, 5.41) is 7.42. The topological polar surface area (TPSA) is 81.4 Å². The van der Waals surface area contributed by atoms with Crippen LogP contribution in [-0.2, 0) is 0 Å². The number of hydrogen-bond donors (Lipinski definition) is 4. The molecule has 8 atom stereocenters. The van der Waals surface area contributed by atoms with Crippen LogP contribution in [0.25, 0.3) is 33.6 Å². The van der Waals surface area contributed by atoms with Crippen molar-refractivity contribution in [3.63, 3.8) is 0 Å². The fourth-order valence-electron chi connectivity index (χ4n) is 7.38. The molecular weight excluding hydrogens is 432 g/mol. The van der Waals surface area contributed by atoms with Crippen molar-refractivity contribution < 1.29 is 0 Å². The molecule has 0 amide bonds. The standard InChI is InChI=1S/C29H28N6/c1-29-23-24(29)26(29)35-25(23)28-31-13-22(34-28)17-8-4-15(5-9-17)14-2-6-16(7-3-14)21-12-30-27(33-21)20-11-18-10-19(18)32-20/h2-9,12-13,18-20,23-26,32,35H,10-11H2,1H3,(H,30,33)(H,31,34)/t18-,19-,20+,23?,24-,25+,26+,29-/m1/s1. The zero-order chi connectivity index (χ0) is 22.9. The van der Waals surface area contributed by atoms with Gasteiger partial charge in [-0.3, -0.25) is 0 Å². The summed E-state index contributed by atoms with van der Waals surface area (Å²) < 4.78 is 0. The molecule has 3 saturated heterocycles. The normalized spacial score (nSPS) is 37.2. The number of piperidine rings is 2. The van der Waals surface area contributed by atoms with Crippen molar-refractivity contribution in [3.8, 4) is 33.6 Å². The van der Waals surface area contributed by atoms with Gasteiger partial charge in [-0.2, -0.15) is 0 Å². The number of imidazole rings is 2. The summed E-state index contributed by atoms with van der Waals surface area (Å²) in [6.07, 6.45) is 6.51. The Morgan fingerprint density at radius 2 is 1.29 bits per heavy atom. The van der Waals surface area contributed by atoms with Crippen LogP contribution in [0, 0.1) is 23.2 Å². The predicted octanol–water partition coefficient (Wildman–Crippen LogP) is 4.84. The van der Waals surface area contributed by atoms with Crippen LogP contribution < -0.4 is 10.6 Å². The van der Waals surface area contributed by atoms with Crippen LogP contribution >= 0.6 is 0 Å². The maximum absolute atomic E-state index is 4.72. The SMILES string of the molecule is C[C@]12C3[C@@H](c4ncc(-c5ccc(-c6ccc(-c7cnc([C@@H]8C[C@H]9C[C@H]9N8)[nH]7)cc6)cc5)[nH]4)N[C@H]1[C@@H]32. The summed E-state index contributed by atoms with van der Waals surface area (Å²) in [4.78, 5) is 16.5. The van der Waals surface area contributed by atoms with Crippen molar-refractivity contribution in [2.24, 2.45) is 23.2 Å². The van der Waals surface area contributed by atoms with Gasteiger partial charge in [-0.05, 0) is 58.3 Å². The van der Waals surface area contributed by atoms with Crippen molar-refractivity contribution in [1.29, 1.82) is 0 Å². The Hall–Kier alpha value is -3.22. The third kappa shape index (κ3) is 2.61. The van der Waals surface area contributed by atoms with E-state index >= 15 is 0 Å². The Labute approximate surface area is 204 Å². The Morgan fingerprint density at radius 3 is 1.83 bits per heavy atom. The fourth-order valence-corrected chi connectivity index (χ4v) is 7.38. The molecule has 0 spiro atoms. The van der Waals surface area contributed by atoms with Crippen LogP contribution in [0.2, 0.25) is 0 Å². The number of benzene rings is 2. The molecule has 0 radical (unpaired) electrons.